The number of hydrogen-bond donors (Lipinski definition) is 1. The minimum Gasteiger partial charge on any atom is -0.327 e. The van der Waals surface area contributed by atoms with E-state index in [1.807, 2.05) is 11.6 Å². The van der Waals surface area contributed by atoms with Crippen LogP contribution >= 0.6 is 11.3 Å². The highest BCUT2D eigenvalue weighted by molar-refractivity contribution is 7.09. The third-order valence-corrected chi connectivity index (χ3v) is 4.60. The van der Waals surface area contributed by atoms with Gasteiger partial charge in [-0.3, -0.25) is 0 Å². The number of aromatic nitrogens is 1. The molecule has 1 aromatic carbocycles. The molecule has 0 bridgehead atoms. The van der Waals surface area contributed by atoms with Gasteiger partial charge in [-0.25, -0.2) is 4.98 Å². The SMILES string of the molecule is CCC(C)C(c1ccccc1)C(N)Cc1nccs1. The molecule has 1 aromatic heterocycles. The van der Waals surface area contributed by atoms with E-state index >= 15 is 0 Å². The molecule has 0 spiro atoms. The molecular formula is C16H22N2S. The van der Waals surface area contributed by atoms with Gasteiger partial charge in [0.05, 0.1) is 5.01 Å². The lowest BCUT2D eigenvalue weighted by atomic mass is 9.79. The van der Waals surface area contributed by atoms with E-state index in [1.54, 1.807) is 11.3 Å². The van der Waals surface area contributed by atoms with E-state index in [0.717, 1.165) is 17.8 Å². The molecule has 1 heterocycles. The third-order valence-electron chi connectivity index (χ3n) is 3.80. The molecule has 0 amide bonds. The molecule has 0 aliphatic heterocycles. The Hall–Kier alpha value is -1.19. The second-order valence-corrected chi connectivity index (χ2v) is 6.09. The van der Waals surface area contributed by atoms with Crippen LogP contribution in [0.5, 0.6) is 0 Å². The molecule has 3 heteroatoms. The summed E-state index contributed by atoms with van der Waals surface area (Å²) in [6.45, 7) is 4.52. The third kappa shape index (κ3) is 3.64. The van der Waals surface area contributed by atoms with Gasteiger partial charge in [0.15, 0.2) is 0 Å². The molecule has 2 nitrogen and oxygen atoms in total. The maximum atomic E-state index is 6.48. The molecule has 3 unspecified atom stereocenters. The minimum absolute atomic E-state index is 0.128. The first-order valence-corrected chi connectivity index (χ1v) is 7.79. The van der Waals surface area contributed by atoms with Gasteiger partial charge in [0.1, 0.15) is 0 Å². The van der Waals surface area contributed by atoms with Crippen molar-refractivity contribution < 1.29 is 0 Å². The molecule has 0 aliphatic carbocycles. The van der Waals surface area contributed by atoms with E-state index in [1.165, 1.54) is 5.56 Å². The second kappa shape index (κ2) is 6.83. The van der Waals surface area contributed by atoms with E-state index in [9.17, 15) is 0 Å². The molecule has 2 rings (SSSR count). The summed E-state index contributed by atoms with van der Waals surface area (Å²) < 4.78 is 0. The minimum atomic E-state index is 0.128. The van der Waals surface area contributed by atoms with Crippen LogP contribution in [0.1, 0.15) is 36.8 Å². The highest BCUT2D eigenvalue weighted by Gasteiger charge is 2.25. The standard InChI is InChI=1S/C16H22N2S/c1-3-12(2)16(13-7-5-4-6-8-13)14(17)11-15-18-9-10-19-15/h4-10,12,14,16H,3,11,17H2,1-2H3. The van der Waals surface area contributed by atoms with Gasteiger partial charge in [-0.05, 0) is 11.5 Å². The molecule has 0 aliphatic rings. The Morgan fingerprint density at radius 2 is 2.00 bits per heavy atom. The fourth-order valence-electron chi connectivity index (χ4n) is 2.61. The van der Waals surface area contributed by atoms with Crippen molar-refractivity contribution in [3.63, 3.8) is 0 Å². The van der Waals surface area contributed by atoms with Crippen molar-refractivity contribution in [2.75, 3.05) is 0 Å². The van der Waals surface area contributed by atoms with Gasteiger partial charge >= 0.3 is 0 Å². The molecular weight excluding hydrogens is 252 g/mol. The summed E-state index contributed by atoms with van der Waals surface area (Å²) in [5, 5.41) is 3.15. The Morgan fingerprint density at radius 3 is 2.58 bits per heavy atom. The number of rotatable bonds is 6. The second-order valence-electron chi connectivity index (χ2n) is 5.12. The highest BCUT2D eigenvalue weighted by atomic mass is 32.1. The Balaban J connectivity index is 2.18. The predicted molar refractivity (Wildman–Crippen MR) is 82.4 cm³/mol. The first kappa shape index (κ1) is 14.2. The van der Waals surface area contributed by atoms with Crippen molar-refractivity contribution in [2.45, 2.75) is 38.6 Å². The van der Waals surface area contributed by atoms with Crippen molar-refractivity contribution in [1.82, 2.24) is 4.98 Å². The Bertz CT molecular complexity index is 467. The van der Waals surface area contributed by atoms with Gasteiger partial charge in [0.25, 0.3) is 0 Å². The van der Waals surface area contributed by atoms with E-state index in [4.69, 9.17) is 5.73 Å². The van der Waals surface area contributed by atoms with Gasteiger partial charge in [-0.2, -0.15) is 0 Å². The average Bonchev–Trinajstić information content (AvgIpc) is 2.93. The summed E-state index contributed by atoms with van der Waals surface area (Å²) in [6, 6.07) is 10.8. The molecule has 2 N–H and O–H groups in total. The van der Waals surface area contributed by atoms with E-state index in [2.05, 4.69) is 49.2 Å². The van der Waals surface area contributed by atoms with Gasteiger partial charge in [-0.15, -0.1) is 11.3 Å². The smallest absolute Gasteiger partial charge is 0.0940 e. The molecule has 0 saturated carbocycles. The van der Waals surface area contributed by atoms with Gasteiger partial charge in [-0.1, -0.05) is 50.6 Å². The molecule has 0 fully saturated rings. The lowest BCUT2D eigenvalue weighted by Crippen LogP contribution is -2.34. The monoisotopic (exact) mass is 274 g/mol. The molecule has 0 radical (unpaired) electrons. The Morgan fingerprint density at radius 1 is 1.26 bits per heavy atom. The zero-order valence-electron chi connectivity index (χ0n) is 11.6. The van der Waals surface area contributed by atoms with Crippen LogP contribution in [-0.2, 0) is 6.42 Å². The molecule has 102 valence electrons. The van der Waals surface area contributed by atoms with E-state index in [0.29, 0.717) is 11.8 Å². The summed E-state index contributed by atoms with van der Waals surface area (Å²) >= 11 is 1.69. The van der Waals surface area contributed by atoms with Gasteiger partial charge in [0.2, 0.25) is 0 Å². The summed E-state index contributed by atoms with van der Waals surface area (Å²) in [6.07, 6.45) is 3.86. The van der Waals surface area contributed by atoms with Crippen LogP contribution in [0.15, 0.2) is 41.9 Å². The highest BCUT2D eigenvalue weighted by Crippen LogP contribution is 2.31. The van der Waals surface area contributed by atoms with Crippen LogP contribution in [0.25, 0.3) is 0 Å². The first-order valence-electron chi connectivity index (χ1n) is 6.91. The van der Waals surface area contributed by atoms with Crippen LogP contribution in [-0.4, -0.2) is 11.0 Å². The zero-order chi connectivity index (χ0) is 13.7. The molecule has 0 saturated heterocycles. The maximum absolute atomic E-state index is 6.48. The number of nitrogens with zero attached hydrogens (tertiary/aromatic N) is 1. The lowest BCUT2D eigenvalue weighted by Gasteiger charge is -2.29. The fourth-order valence-corrected chi connectivity index (χ4v) is 3.30. The van der Waals surface area contributed by atoms with Crippen LogP contribution in [0.3, 0.4) is 0 Å². The van der Waals surface area contributed by atoms with Crippen LogP contribution < -0.4 is 5.73 Å². The fraction of sp³-hybridized carbons (Fsp3) is 0.438. The summed E-state index contributed by atoms with van der Waals surface area (Å²) in [4.78, 5) is 4.36. The number of thiazole rings is 1. The van der Waals surface area contributed by atoms with E-state index in [-0.39, 0.29) is 6.04 Å². The quantitative estimate of drug-likeness (QED) is 0.869. The Kier molecular flexibility index (Phi) is 5.11. The van der Waals surface area contributed by atoms with Crippen LogP contribution in [0.4, 0.5) is 0 Å². The van der Waals surface area contributed by atoms with Gasteiger partial charge < -0.3 is 5.73 Å². The van der Waals surface area contributed by atoms with Crippen molar-refractivity contribution in [1.29, 1.82) is 0 Å². The topological polar surface area (TPSA) is 38.9 Å². The summed E-state index contributed by atoms with van der Waals surface area (Å²) in [7, 11) is 0. The summed E-state index contributed by atoms with van der Waals surface area (Å²) in [5.41, 5.74) is 7.83. The number of hydrogen-bond acceptors (Lipinski definition) is 3. The van der Waals surface area contributed by atoms with Crippen molar-refractivity contribution in [3.05, 3.63) is 52.5 Å². The first-order chi connectivity index (χ1) is 9.22. The average molecular weight is 274 g/mol. The van der Waals surface area contributed by atoms with Crippen LogP contribution in [0.2, 0.25) is 0 Å². The molecule has 19 heavy (non-hydrogen) atoms. The Labute approximate surface area is 119 Å². The largest absolute Gasteiger partial charge is 0.327 e. The predicted octanol–water partition coefficient (Wildman–Crippen LogP) is 3.84. The molecule has 2 aromatic rings. The van der Waals surface area contributed by atoms with Crippen LogP contribution in [0, 0.1) is 5.92 Å². The zero-order valence-corrected chi connectivity index (χ0v) is 12.4. The number of benzene rings is 1. The van der Waals surface area contributed by atoms with Gasteiger partial charge in [0, 0.05) is 30.0 Å². The molecule has 3 atom stereocenters. The maximum Gasteiger partial charge on any atom is 0.0940 e. The summed E-state index contributed by atoms with van der Waals surface area (Å²) in [5.74, 6) is 0.979. The van der Waals surface area contributed by atoms with Crippen molar-refractivity contribution >= 4 is 11.3 Å². The van der Waals surface area contributed by atoms with Crippen molar-refractivity contribution in [2.24, 2.45) is 11.7 Å². The van der Waals surface area contributed by atoms with E-state index < -0.39 is 0 Å². The normalized spacial score (nSPS) is 15.9. The lowest BCUT2D eigenvalue weighted by molar-refractivity contribution is 0.379. The van der Waals surface area contributed by atoms with Crippen molar-refractivity contribution in [3.8, 4) is 0 Å². The number of nitrogens with two attached hydrogens (primary N) is 1.